The molecule has 4 nitrogen and oxygen atoms in total. The maximum absolute atomic E-state index is 11.3. The number of aldehydes is 1. The van der Waals surface area contributed by atoms with Crippen molar-refractivity contribution < 1.29 is 50.0 Å². The zero-order valence-electron chi connectivity index (χ0n) is 12.9. The molecule has 0 spiro atoms. The average molecular weight is 268 g/mol. The number of Topliss-reactive ketones (excluding diaryl/α,β-unsaturated/α-hetero) is 1. The van der Waals surface area contributed by atoms with Gasteiger partial charge >= 0.3 is 29.6 Å². The summed E-state index contributed by atoms with van der Waals surface area (Å²) in [6.45, 7) is 5.35. The predicted molar refractivity (Wildman–Crippen MR) is 66.9 cm³/mol. The molecular weight excluding hydrogens is 243 g/mol. The third kappa shape index (κ3) is 12.7. The molecule has 0 aromatic carbocycles. The SMILES string of the molecule is CCCCOC(CC(=O)CC=O)OCCCC.[H-].[Na+]. The molecular formula is C13H25NaO4. The molecule has 102 valence electrons. The molecule has 0 bridgehead atoms. The number of ketones is 1. The Bertz CT molecular complexity index is 205. The Labute approximate surface area is 134 Å². The largest absolute Gasteiger partial charge is 1.00 e. The molecule has 0 radical (unpaired) electrons. The van der Waals surface area contributed by atoms with Crippen LogP contribution in [-0.2, 0) is 19.1 Å². The first kappa shape index (κ1) is 20.6. The van der Waals surface area contributed by atoms with Crippen LogP contribution in [0.1, 0.15) is 53.8 Å². The molecule has 0 rings (SSSR count). The van der Waals surface area contributed by atoms with Crippen LogP contribution >= 0.6 is 0 Å². The van der Waals surface area contributed by atoms with Crippen molar-refractivity contribution in [3.63, 3.8) is 0 Å². The summed E-state index contributed by atoms with van der Waals surface area (Å²) in [7, 11) is 0. The van der Waals surface area contributed by atoms with E-state index in [0.29, 0.717) is 19.5 Å². The van der Waals surface area contributed by atoms with E-state index < -0.39 is 6.29 Å². The van der Waals surface area contributed by atoms with Gasteiger partial charge in [0.25, 0.3) is 0 Å². The minimum Gasteiger partial charge on any atom is -1.00 e. The number of rotatable bonds is 12. The van der Waals surface area contributed by atoms with E-state index in [1.165, 1.54) is 0 Å². The van der Waals surface area contributed by atoms with Gasteiger partial charge in [-0.25, -0.2) is 0 Å². The number of unbranched alkanes of at least 4 members (excludes halogenated alkanes) is 2. The first-order valence-electron chi connectivity index (χ1n) is 6.43. The third-order valence-corrected chi connectivity index (χ3v) is 2.31. The zero-order valence-corrected chi connectivity index (χ0v) is 13.9. The van der Waals surface area contributed by atoms with Crippen molar-refractivity contribution in [1.29, 1.82) is 0 Å². The van der Waals surface area contributed by atoms with Crippen LogP contribution in [0.15, 0.2) is 0 Å². The van der Waals surface area contributed by atoms with Crippen molar-refractivity contribution in [2.24, 2.45) is 0 Å². The maximum atomic E-state index is 11.3. The summed E-state index contributed by atoms with van der Waals surface area (Å²) in [5.41, 5.74) is 0. The summed E-state index contributed by atoms with van der Waals surface area (Å²) in [4.78, 5) is 21.5. The third-order valence-electron chi connectivity index (χ3n) is 2.31. The van der Waals surface area contributed by atoms with Gasteiger partial charge in [-0.2, -0.15) is 0 Å². The van der Waals surface area contributed by atoms with Gasteiger partial charge in [0.15, 0.2) is 6.29 Å². The number of carbonyl (C=O) groups is 2. The molecule has 0 unspecified atom stereocenters. The Kier molecular flexibility index (Phi) is 17.5. The van der Waals surface area contributed by atoms with E-state index in [1.54, 1.807) is 0 Å². The van der Waals surface area contributed by atoms with Crippen molar-refractivity contribution >= 4 is 12.1 Å². The van der Waals surface area contributed by atoms with E-state index in [4.69, 9.17) is 9.47 Å². The fraction of sp³-hybridized carbons (Fsp3) is 0.846. The van der Waals surface area contributed by atoms with Crippen LogP contribution < -0.4 is 29.6 Å². The Hall–Kier alpha value is 0.260. The Morgan fingerprint density at radius 3 is 2.06 bits per heavy atom. The van der Waals surface area contributed by atoms with Gasteiger partial charge in [-0.05, 0) is 12.8 Å². The summed E-state index contributed by atoms with van der Waals surface area (Å²) in [6.07, 6.45) is 4.26. The molecule has 0 N–H and O–H groups in total. The number of ether oxygens (including phenoxy) is 2. The first-order chi connectivity index (χ1) is 8.24. The smallest absolute Gasteiger partial charge is 1.00 e. The normalized spacial score (nSPS) is 10.2. The molecule has 0 atom stereocenters. The molecule has 0 aromatic heterocycles. The summed E-state index contributed by atoms with van der Waals surface area (Å²) in [5.74, 6) is -0.127. The summed E-state index contributed by atoms with van der Waals surface area (Å²) in [5, 5.41) is 0. The molecule has 18 heavy (non-hydrogen) atoms. The molecule has 5 heteroatoms. The van der Waals surface area contributed by atoms with Gasteiger partial charge in [-0.15, -0.1) is 0 Å². The summed E-state index contributed by atoms with van der Waals surface area (Å²) in [6, 6.07) is 0. The van der Waals surface area contributed by atoms with E-state index in [-0.39, 0.29) is 49.6 Å². The molecule has 0 heterocycles. The van der Waals surface area contributed by atoms with Crippen LogP contribution in [-0.4, -0.2) is 31.6 Å². The molecule has 0 saturated heterocycles. The standard InChI is InChI=1S/C13H24O4.Na.H/c1-3-5-9-16-13(17-10-6-4-2)11-12(15)7-8-14;;/h8,13H,3-7,9-11H2,1-2H3;;/q;+1;-1. The maximum Gasteiger partial charge on any atom is 1.00 e. The molecule has 0 aliphatic rings. The Balaban J connectivity index is -0.00000128. The second-order valence-electron chi connectivity index (χ2n) is 3.99. The molecule has 0 saturated carbocycles. The van der Waals surface area contributed by atoms with E-state index >= 15 is 0 Å². The first-order valence-corrected chi connectivity index (χ1v) is 6.43. The summed E-state index contributed by atoms with van der Waals surface area (Å²) >= 11 is 0. The fourth-order valence-electron chi connectivity index (χ4n) is 1.25. The van der Waals surface area contributed by atoms with E-state index in [2.05, 4.69) is 13.8 Å². The van der Waals surface area contributed by atoms with Gasteiger partial charge < -0.3 is 15.7 Å². The van der Waals surface area contributed by atoms with Crippen LogP contribution in [0, 0.1) is 0 Å². The fourth-order valence-corrected chi connectivity index (χ4v) is 1.25. The monoisotopic (exact) mass is 268 g/mol. The van der Waals surface area contributed by atoms with Crippen LogP contribution in [0.2, 0.25) is 0 Å². The van der Waals surface area contributed by atoms with Crippen LogP contribution in [0.5, 0.6) is 0 Å². The molecule has 0 amide bonds. The Morgan fingerprint density at radius 1 is 1.17 bits per heavy atom. The van der Waals surface area contributed by atoms with E-state index in [9.17, 15) is 9.59 Å². The van der Waals surface area contributed by atoms with Crippen molar-refractivity contribution in [3.05, 3.63) is 0 Å². The van der Waals surface area contributed by atoms with Crippen LogP contribution in [0.25, 0.3) is 0 Å². The van der Waals surface area contributed by atoms with Crippen molar-refractivity contribution in [2.45, 2.75) is 58.7 Å². The van der Waals surface area contributed by atoms with Crippen LogP contribution in [0.3, 0.4) is 0 Å². The molecule has 0 aliphatic carbocycles. The summed E-state index contributed by atoms with van der Waals surface area (Å²) < 4.78 is 11.0. The quantitative estimate of drug-likeness (QED) is 0.159. The van der Waals surface area contributed by atoms with Crippen molar-refractivity contribution in [2.75, 3.05) is 13.2 Å². The van der Waals surface area contributed by atoms with Gasteiger partial charge in [-0.1, -0.05) is 26.7 Å². The van der Waals surface area contributed by atoms with Crippen molar-refractivity contribution in [1.82, 2.24) is 0 Å². The van der Waals surface area contributed by atoms with E-state index in [1.807, 2.05) is 0 Å². The van der Waals surface area contributed by atoms with E-state index in [0.717, 1.165) is 25.7 Å². The Morgan fingerprint density at radius 2 is 1.67 bits per heavy atom. The van der Waals surface area contributed by atoms with Crippen molar-refractivity contribution in [3.8, 4) is 0 Å². The van der Waals surface area contributed by atoms with Gasteiger partial charge in [0.1, 0.15) is 12.1 Å². The van der Waals surface area contributed by atoms with Gasteiger partial charge in [0.05, 0.1) is 12.8 Å². The van der Waals surface area contributed by atoms with Gasteiger partial charge in [0.2, 0.25) is 0 Å². The second kappa shape index (κ2) is 15.3. The number of carbonyl (C=O) groups excluding carboxylic acids is 2. The average Bonchev–Trinajstić information content (AvgIpc) is 2.29. The number of hydrogen-bond acceptors (Lipinski definition) is 4. The molecule has 0 aliphatic heterocycles. The molecule has 0 fully saturated rings. The minimum atomic E-state index is -0.486. The van der Waals surface area contributed by atoms with Gasteiger partial charge in [0, 0.05) is 13.2 Å². The molecule has 0 aromatic rings. The number of hydrogen-bond donors (Lipinski definition) is 0. The minimum absolute atomic E-state index is 0. The topological polar surface area (TPSA) is 52.6 Å². The van der Waals surface area contributed by atoms with Gasteiger partial charge in [-0.3, -0.25) is 4.79 Å². The second-order valence-corrected chi connectivity index (χ2v) is 3.99. The zero-order chi connectivity index (χ0) is 12.9. The predicted octanol–water partition coefficient (Wildman–Crippen LogP) is -0.389. The van der Waals surface area contributed by atoms with Crippen LogP contribution in [0.4, 0.5) is 0 Å².